The van der Waals surface area contributed by atoms with Crippen LogP contribution in [0.3, 0.4) is 0 Å². The number of sulfonamides is 1. The zero-order valence-corrected chi connectivity index (χ0v) is 15.8. The number of aliphatic carboxylic acids is 1. The summed E-state index contributed by atoms with van der Waals surface area (Å²) in [5.74, 6) is -0.931. The van der Waals surface area contributed by atoms with Gasteiger partial charge in [-0.25, -0.2) is 17.9 Å². The smallest absolute Gasteiger partial charge is 0.321 e. The van der Waals surface area contributed by atoms with Crippen LogP contribution in [0.5, 0.6) is 0 Å². The van der Waals surface area contributed by atoms with Gasteiger partial charge in [0.1, 0.15) is 0 Å². The summed E-state index contributed by atoms with van der Waals surface area (Å²) in [5.41, 5.74) is -0.608. The van der Waals surface area contributed by atoms with Crippen LogP contribution in [0, 0.1) is 5.41 Å². The molecule has 1 atom stereocenters. The van der Waals surface area contributed by atoms with E-state index in [-0.39, 0.29) is 11.4 Å². The second-order valence-electron chi connectivity index (χ2n) is 6.75. The van der Waals surface area contributed by atoms with E-state index in [9.17, 15) is 23.1 Å². The first-order valence-electron chi connectivity index (χ1n) is 8.57. The lowest BCUT2D eigenvalue weighted by Gasteiger charge is -2.20. The first-order chi connectivity index (χ1) is 12.2. The molecular formula is C17H25N3O5S. The number of amides is 2. The van der Waals surface area contributed by atoms with Gasteiger partial charge in [-0.05, 0) is 38.0 Å². The highest BCUT2D eigenvalue weighted by Crippen LogP contribution is 2.30. The number of hydrogen-bond donors (Lipinski definition) is 3. The molecule has 1 aliphatic heterocycles. The maximum atomic E-state index is 12.4. The van der Waals surface area contributed by atoms with Crippen molar-refractivity contribution in [3.8, 4) is 0 Å². The Morgan fingerprint density at radius 1 is 1.35 bits per heavy atom. The van der Waals surface area contributed by atoms with Gasteiger partial charge in [0.05, 0.1) is 10.3 Å². The van der Waals surface area contributed by atoms with Crippen LogP contribution in [0.4, 0.5) is 10.5 Å². The molecular weight excluding hydrogens is 358 g/mol. The molecule has 1 aromatic carbocycles. The predicted molar refractivity (Wildman–Crippen MR) is 97.5 cm³/mol. The number of benzene rings is 1. The van der Waals surface area contributed by atoms with E-state index in [1.54, 1.807) is 19.1 Å². The summed E-state index contributed by atoms with van der Waals surface area (Å²) in [6, 6.07) is 5.55. The number of urea groups is 1. The Labute approximate surface area is 153 Å². The Balaban J connectivity index is 2.05. The Morgan fingerprint density at radius 3 is 2.69 bits per heavy atom. The van der Waals surface area contributed by atoms with Crippen molar-refractivity contribution in [2.75, 3.05) is 25.0 Å². The molecule has 2 amide bonds. The lowest BCUT2D eigenvalue weighted by atomic mass is 9.90. The quantitative estimate of drug-likeness (QED) is 0.624. The second kappa shape index (κ2) is 8.05. The summed E-state index contributed by atoms with van der Waals surface area (Å²) in [6.45, 7) is 4.39. The fourth-order valence-electron chi connectivity index (χ4n) is 2.72. The van der Waals surface area contributed by atoms with Crippen LogP contribution in [0.2, 0.25) is 0 Å². The van der Waals surface area contributed by atoms with Gasteiger partial charge in [-0.1, -0.05) is 19.4 Å². The number of anilines is 1. The molecule has 0 saturated carbocycles. The van der Waals surface area contributed by atoms with Crippen LogP contribution in [0.1, 0.15) is 33.1 Å². The molecule has 0 spiro atoms. The highest BCUT2D eigenvalue weighted by molar-refractivity contribution is 7.89. The summed E-state index contributed by atoms with van der Waals surface area (Å²) >= 11 is 0. The number of carboxylic acids is 1. The Bertz CT molecular complexity index is 780. The molecule has 1 aromatic rings. The highest BCUT2D eigenvalue weighted by atomic mass is 32.2. The van der Waals surface area contributed by atoms with Crippen LogP contribution in [-0.4, -0.2) is 50.1 Å². The van der Waals surface area contributed by atoms with Crippen molar-refractivity contribution in [2.45, 2.75) is 38.0 Å². The third kappa shape index (κ3) is 4.73. The van der Waals surface area contributed by atoms with E-state index in [2.05, 4.69) is 10.0 Å². The molecule has 1 saturated heterocycles. The number of unbranched alkanes of at least 4 members (excludes halogenated alkanes) is 1. The van der Waals surface area contributed by atoms with Crippen molar-refractivity contribution in [2.24, 2.45) is 5.41 Å². The Morgan fingerprint density at radius 2 is 2.08 bits per heavy atom. The summed E-state index contributed by atoms with van der Waals surface area (Å²) in [4.78, 5) is 25.1. The molecule has 9 heteroatoms. The minimum atomic E-state index is -3.63. The van der Waals surface area contributed by atoms with Crippen LogP contribution in [-0.2, 0) is 14.8 Å². The van der Waals surface area contributed by atoms with E-state index >= 15 is 0 Å². The minimum Gasteiger partial charge on any atom is -0.481 e. The number of nitrogens with zero attached hydrogens (tertiary/aromatic N) is 1. The molecule has 0 radical (unpaired) electrons. The van der Waals surface area contributed by atoms with Crippen molar-refractivity contribution in [3.05, 3.63) is 24.3 Å². The molecule has 1 aliphatic rings. The molecule has 144 valence electrons. The zero-order valence-electron chi connectivity index (χ0n) is 15.0. The first kappa shape index (κ1) is 20.2. The van der Waals surface area contributed by atoms with Crippen molar-refractivity contribution in [1.29, 1.82) is 0 Å². The number of rotatable bonds is 7. The molecule has 1 fully saturated rings. The normalized spacial score (nSPS) is 20.2. The van der Waals surface area contributed by atoms with E-state index in [1.807, 2.05) is 6.92 Å². The fourth-order valence-corrected chi connectivity index (χ4v) is 3.84. The highest BCUT2D eigenvalue weighted by Gasteiger charge is 2.42. The molecule has 0 bridgehead atoms. The maximum absolute atomic E-state index is 12.4. The number of carbonyl (C=O) groups excluding carboxylic acids is 1. The van der Waals surface area contributed by atoms with Crippen molar-refractivity contribution < 1.29 is 23.1 Å². The minimum absolute atomic E-state index is 0.0724. The number of carbonyl (C=O) groups is 2. The molecule has 26 heavy (non-hydrogen) atoms. The largest absolute Gasteiger partial charge is 0.481 e. The van der Waals surface area contributed by atoms with Crippen LogP contribution < -0.4 is 10.0 Å². The van der Waals surface area contributed by atoms with Gasteiger partial charge in [0.25, 0.3) is 0 Å². The lowest BCUT2D eigenvalue weighted by Crippen LogP contribution is -2.37. The summed E-state index contributed by atoms with van der Waals surface area (Å²) in [6.07, 6.45) is 2.00. The van der Waals surface area contributed by atoms with Gasteiger partial charge in [-0.15, -0.1) is 0 Å². The Kier molecular flexibility index (Phi) is 6.25. The van der Waals surface area contributed by atoms with E-state index in [0.29, 0.717) is 25.2 Å². The average molecular weight is 383 g/mol. The van der Waals surface area contributed by atoms with Gasteiger partial charge in [-0.2, -0.15) is 0 Å². The lowest BCUT2D eigenvalue weighted by molar-refractivity contribution is -0.146. The van der Waals surface area contributed by atoms with Crippen LogP contribution in [0.25, 0.3) is 0 Å². The summed E-state index contributed by atoms with van der Waals surface area (Å²) in [5, 5.41) is 11.9. The van der Waals surface area contributed by atoms with Crippen molar-refractivity contribution >= 4 is 27.7 Å². The molecule has 0 aromatic heterocycles. The standard InChI is InChI=1S/C17H25N3O5S/c1-3-4-9-18-26(24,25)14-7-5-6-13(11-14)19-16(23)20-10-8-17(2,12-20)15(21)22/h5-7,11,18H,3-4,8-10,12H2,1-2H3,(H,19,23)(H,21,22). The van der Waals surface area contributed by atoms with Gasteiger partial charge < -0.3 is 15.3 Å². The molecule has 1 heterocycles. The van der Waals surface area contributed by atoms with E-state index in [4.69, 9.17) is 0 Å². The summed E-state index contributed by atoms with van der Waals surface area (Å²) < 4.78 is 27.0. The molecule has 1 unspecified atom stereocenters. The number of likely N-dealkylation sites (tertiary alicyclic amines) is 1. The average Bonchev–Trinajstić information content (AvgIpc) is 2.99. The van der Waals surface area contributed by atoms with E-state index in [1.165, 1.54) is 17.0 Å². The number of carboxylic acid groups (broad SMARTS) is 1. The van der Waals surface area contributed by atoms with Gasteiger partial charge in [0.2, 0.25) is 10.0 Å². The molecule has 0 aliphatic carbocycles. The van der Waals surface area contributed by atoms with Crippen LogP contribution >= 0.6 is 0 Å². The van der Waals surface area contributed by atoms with Gasteiger partial charge in [0, 0.05) is 25.3 Å². The fraction of sp³-hybridized carbons (Fsp3) is 0.529. The SMILES string of the molecule is CCCCNS(=O)(=O)c1cccc(NC(=O)N2CCC(C)(C(=O)O)C2)c1. The Hall–Kier alpha value is -2.13. The van der Waals surface area contributed by atoms with Gasteiger partial charge in [-0.3, -0.25) is 4.79 Å². The van der Waals surface area contributed by atoms with Crippen LogP contribution in [0.15, 0.2) is 29.2 Å². The topological polar surface area (TPSA) is 116 Å². The molecule has 3 N–H and O–H groups in total. The molecule has 8 nitrogen and oxygen atoms in total. The summed E-state index contributed by atoms with van der Waals surface area (Å²) in [7, 11) is -3.63. The van der Waals surface area contributed by atoms with E-state index < -0.39 is 27.4 Å². The second-order valence-corrected chi connectivity index (χ2v) is 8.51. The molecule has 2 rings (SSSR count). The maximum Gasteiger partial charge on any atom is 0.321 e. The number of nitrogens with one attached hydrogen (secondary N) is 2. The third-order valence-electron chi connectivity index (χ3n) is 4.49. The van der Waals surface area contributed by atoms with Crippen molar-refractivity contribution in [3.63, 3.8) is 0 Å². The van der Waals surface area contributed by atoms with Gasteiger partial charge in [0.15, 0.2) is 0 Å². The number of hydrogen-bond acceptors (Lipinski definition) is 4. The monoisotopic (exact) mass is 383 g/mol. The van der Waals surface area contributed by atoms with Gasteiger partial charge >= 0.3 is 12.0 Å². The first-order valence-corrected chi connectivity index (χ1v) is 10.1. The third-order valence-corrected chi connectivity index (χ3v) is 5.95. The zero-order chi connectivity index (χ0) is 19.4. The predicted octanol–water partition coefficient (Wildman–Crippen LogP) is 2.09. The van der Waals surface area contributed by atoms with E-state index in [0.717, 1.165) is 12.8 Å². The van der Waals surface area contributed by atoms with Crippen molar-refractivity contribution in [1.82, 2.24) is 9.62 Å².